The maximum Gasteiger partial charge on any atom is 0.219 e. The Hall–Kier alpha value is -2.93. The van der Waals surface area contributed by atoms with Crippen molar-refractivity contribution in [3.8, 4) is 22.8 Å². The highest BCUT2D eigenvalue weighted by Crippen LogP contribution is 2.44. The molecule has 2 heterocycles. The molecule has 3 aromatic rings. The van der Waals surface area contributed by atoms with Gasteiger partial charge in [-0.05, 0) is 59.6 Å². The van der Waals surface area contributed by atoms with Crippen LogP contribution in [0.4, 0.5) is 10.1 Å². The molecule has 26 heavy (non-hydrogen) atoms. The number of likely N-dealkylation sites (N-methyl/N-ethyl adjacent to an activating group) is 1. The fourth-order valence-corrected chi connectivity index (χ4v) is 3.66. The van der Waals surface area contributed by atoms with Crippen LogP contribution in [0.2, 0.25) is 0 Å². The van der Waals surface area contributed by atoms with Crippen molar-refractivity contribution in [2.45, 2.75) is 13.0 Å². The molecule has 2 N–H and O–H groups in total. The van der Waals surface area contributed by atoms with E-state index >= 15 is 0 Å². The lowest BCUT2D eigenvalue weighted by Gasteiger charge is -2.28. The van der Waals surface area contributed by atoms with Crippen molar-refractivity contribution >= 4 is 16.6 Å². The van der Waals surface area contributed by atoms with Gasteiger partial charge in [0.1, 0.15) is 11.6 Å². The van der Waals surface area contributed by atoms with Crippen molar-refractivity contribution in [3.05, 3.63) is 46.1 Å². The molecule has 1 aliphatic heterocycles. The highest BCUT2D eigenvalue weighted by atomic mass is 19.1. The Morgan fingerprint density at radius 2 is 2.19 bits per heavy atom. The highest BCUT2D eigenvalue weighted by Gasteiger charge is 2.25. The monoisotopic (exact) mass is 361 g/mol. The Labute approximate surface area is 153 Å². The molecule has 0 unspecified atom stereocenters. The van der Waals surface area contributed by atoms with Gasteiger partial charge < -0.3 is 19.7 Å². The number of H-pyrrole nitrogens is 1. The minimum Gasteiger partial charge on any atom is -0.496 e. The van der Waals surface area contributed by atoms with Gasteiger partial charge in [-0.25, -0.2) is 4.39 Å². The first-order chi connectivity index (χ1) is 13.7. The molecule has 2 aromatic carbocycles. The molecule has 0 fully saturated rings. The van der Waals surface area contributed by atoms with Gasteiger partial charge in [-0.1, -0.05) is 0 Å². The zero-order valence-corrected chi connectivity index (χ0v) is 14.0. The number of fused-ring (bicyclic) bond motifs is 3. The van der Waals surface area contributed by atoms with Crippen LogP contribution in [-0.2, 0) is 13.0 Å². The summed E-state index contributed by atoms with van der Waals surface area (Å²) in [5.41, 5.74) is 2.95. The van der Waals surface area contributed by atoms with Crippen molar-refractivity contribution in [2.24, 2.45) is 5.18 Å². The normalized spacial score (nSPS) is 16.6. The molecular formula is C19H18FN3O3. The topological polar surface area (TPSA) is 77.9 Å². The lowest BCUT2D eigenvalue weighted by atomic mass is 9.88. The largest absolute Gasteiger partial charge is 0.496 e. The summed E-state index contributed by atoms with van der Waals surface area (Å²) in [5, 5.41) is 13.4. The molecule has 4 rings (SSSR count). The number of aromatic hydroxyl groups is 1. The number of nitroso groups, excluding NO2 is 1. The summed E-state index contributed by atoms with van der Waals surface area (Å²) < 4.78 is 41.4. The molecule has 0 aliphatic carbocycles. The van der Waals surface area contributed by atoms with Gasteiger partial charge in [-0.2, -0.15) is 0 Å². The third kappa shape index (κ3) is 2.43. The molecular weight excluding hydrogens is 337 g/mol. The van der Waals surface area contributed by atoms with Gasteiger partial charge in [-0.3, -0.25) is 0 Å². The van der Waals surface area contributed by atoms with E-state index in [0.717, 1.165) is 23.7 Å². The summed E-state index contributed by atoms with van der Waals surface area (Å²) in [6.45, 7) is 1.27. The van der Waals surface area contributed by atoms with Gasteiger partial charge in [0.25, 0.3) is 0 Å². The van der Waals surface area contributed by atoms with Crippen molar-refractivity contribution in [1.82, 2.24) is 9.88 Å². The number of ether oxygens (including phenoxy) is 1. The number of rotatable bonds is 3. The van der Waals surface area contributed by atoms with Gasteiger partial charge in [0.05, 0.1) is 16.7 Å². The molecule has 0 spiro atoms. The highest BCUT2D eigenvalue weighted by molar-refractivity contribution is 6.00. The number of hydrogen-bond donors (Lipinski definition) is 2. The molecule has 0 saturated carbocycles. The summed E-state index contributed by atoms with van der Waals surface area (Å²) in [6.07, 6.45) is 0.616. The second-order valence-electron chi connectivity index (χ2n) is 6.45. The number of nitrogens with one attached hydrogen (secondary N) is 1. The number of nitrogens with zero attached hydrogens (tertiary/aromatic N) is 2. The molecule has 0 atom stereocenters. The summed E-state index contributed by atoms with van der Waals surface area (Å²) >= 11 is 0. The maximum absolute atomic E-state index is 14.1. The summed E-state index contributed by atoms with van der Waals surface area (Å²) in [4.78, 5) is 16.2. The third-order valence-corrected chi connectivity index (χ3v) is 4.88. The zero-order chi connectivity index (χ0) is 20.9. The Morgan fingerprint density at radius 1 is 1.35 bits per heavy atom. The van der Waals surface area contributed by atoms with E-state index in [-0.39, 0.29) is 22.9 Å². The quantitative estimate of drug-likeness (QED) is 0.689. The molecule has 0 saturated heterocycles. The predicted molar refractivity (Wildman–Crippen MR) is 97.4 cm³/mol. The summed E-state index contributed by atoms with van der Waals surface area (Å²) in [6, 6.07) is 5.23. The van der Waals surface area contributed by atoms with Crippen LogP contribution in [0.25, 0.3) is 22.0 Å². The average molecular weight is 361 g/mol. The van der Waals surface area contributed by atoms with Crippen molar-refractivity contribution in [3.63, 3.8) is 0 Å². The van der Waals surface area contributed by atoms with Crippen LogP contribution in [-0.4, -0.2) is 35.6 Å². The molecule has 1 aromatic heterocycles. The molecule has 1 aliphatic rings. The second kappa shape index (κ2) is 6.10. The van der Waals surface area contributed by atoms with Crippen LogP contribution < -0.4 is 4.74 Å². The lowest BCUT2D eigenvalue weighted by Crippen LogP contribution is -2.27. The van der Waals surface area contributed by atoms with E-state index in [4.69, 9.17) is 8.85 Å². The van der Waals surface area contributed by atoms with Crippen molar-refractivity contribution in [1.29, 1.82) is 0 Å². The van der Waals surface area contributed by atoms with Crippen LogP contribution >= 0.6 is 0 Å². The SMILES string of the molecule is [3H]C([3H])([3H])Oc1ccc(F)cc1-c1cc2c(N=O)c(O)[nH]c2c2c1CCN(C)C2. The van der Waals surface area contributed by atoms with E-state index in [1.807, 2.05) is 7.05 Å². The Balaban J connectivity index is 2.05. The maximum atomic E-state index is 14.1. The van der Waals surface area contributed by atoms with Gasteiger partial charge in [0, 0.05) is 24.0 Å². The number of halogens is 1. The first-order valence-corrected chi connectivity index (χ1v) is 8.08. The zero-order valence-electron chi connectivity index (χ0n) is 17.0. The van der Waals surface area contributed by atoms with Gasteiger partial charge >= 0.3 is 0 Å². The molecule has 0 radical (unpaired) electrons. The lowest BCUT2D eigenvalue weighted by molar-refractivity contribution is 0.314. The summed E-state index contributed by atoms with van der Waals surface area (Å²) in [7, 11) is -0.771. The van der Waals surface area contributed by atoms with Gasteiger partial charge in [0.15, 0.2) is 5.69 Å². The first-order valence-electron chi connectivity index (χ1n) is 9.58. The van der Waals surface area contributed by atoms with E-state index in [0.29, 0.717) is 29.4 Å². The third-order valence-electron chi connectivity index (χ3n) is 4.88. The van der Waals surface area contributed by atoms with Crippen molar-refractivity contribution in [2.75, 3.05) is 20.6 Å². The van der Waals surface area contributed by atoms with Crippen LogP contribution in [0.1, 0.15) is 15.2 Å². The number of aromatic amines is 1. The van der Waals surface area contributed by atoms with Gasteiger partial charge in [-0.15, -0.1) is 4.91 Å². The number of benzene rings is 2. The van der Waals surface area contributed by atoms with Crippen LogP contribution in [0.3, 0.4) is 0 Å². The minimum absolute atomic E-state index is 0.00671. The molecule has 0 amide bonds. The fraction of sp³-hybridized carbons (Fsp3) is 0.263. The second-order valence-corrected chi connectivity index (χ2v) is 6.45. The first kappa shape index (κ1) is 13.3. The predicted octanol–water partition coefficient (Wildman–Crippen LogP) is 4.07. The van der Waals surface area contributed by atoms with Gasteiger partial charge in [0.2, 0.25) is 5.88 Å². The Morgan fingerprint density at radius 3 is 2.96 bits per heavy atom. The summed E-state index contributed by atoms with van der Waals surface area (Å²) in [5.74, 6) is -0.890. The van der Waals surface area contributed by atoms with E-state index in [1.165, 1.54) is 12.1 Å². The fourth-order valence-electron chi connectivity index (χ4n) is 3.66. The van der Waals surface area contributed by atoms with Crippen molar-refractivity contribution < 1.29 is 18.3 Å². The van der Waals surface area contributed by atoms with Crippen LogP contribution in [0, 0.1) is 10.7 Å². The average Bonchev–Trinajstić information content (AvgIpc) is 2.96. The Kier molecular flexibility index (Phi) is 3.12. The smallest absolute Gasteiger partial charge is 0.219 e. The van der Waals surface area contributed by atoms with Crippen LogP contribution in [0.15, 0.2) is 29.4 Å². The van der Waals surface area contributed by atoms with E-state index in [1.54, 1.807) is 6.07 Å². The molecule has 7 heteroatoms. The van der Waals surface area contributed by atoms with Crippen LogP contribution in [0.5, 0.6) is 11.6 Å². The number of methoxy groups -OCH3 is 1. The Bertz CT molecular complexity index is 1130. The van der Waals surface area contributed by atoms with E-state index in [2.05, 4.69) is 15.1 Å². The number of aromatic nitrogens is 1. The van der Waals surface area contributed by atoms with E-state index < -0.39 is 12.9 Å². The standard InChI is InChI=1S/C19H18FN3O3/c1-23-6-5-11-12(13-7-10(20)3-4-16(13)26-2)8-14-17(15(11)9-23)21-19(24)18(14)22-25/h3-4,7-8,21,24H,5-6,9H2,1-2H3/i2T3. The number of hydrogen-bond acceptors (Lipinski definition) is 5. The molecule has 6 nitrogen and oxygen atoms in total. The molecule has 134 valence electrons. The molecule has 0 bridgehead atoms. The minimum atomic E-state index is -2.71. The van der Waals surface area contributed by atoms with E-state index in [9.17, 15) is 14.4 Å².